The molecule has 0 heterocycles. The Morgan fingerprint density at radius 2 is 2.14 bits per heavy atom. The smallest absolute Gasteiger partial charge is 0.118 e. The molecule has 1 aromatic carbocycles. The van der Waals surface area contributed by atoms with Gasteiger partial charge < -0.3 is 15.5 Å². The Morgan fingerprint density at radius 3 is 2.71 bits per heavy atom. The summed E-state index contributed by atoms with van der Waals surface area (Å²) in [6.07, 6.45) is 0.261. The molecule has 0 amide bonds. The molecule has 0 saturated carbocycles. The quantitative estimate of drug-likeness (QED) is 0.677. The van der Waals surface area contributed by atoms with E-state index in [0.717, 1.165) is 17.5 Å². The summed E-state index contributed by atoms with van der Waals surface area (Å²) >= 11 is 0. The van der Waals surface area contributed by atoms with E-state index in [2.05, 4.69) is 5.32 Å². The molecule has 0 bridgehead atoms. The first-order chi connectivity index (χ1) is 6.69. The number of rotatable bonds is 4. The Hall–Kier alpha value is -1.06. The number of likely N-dealkylation sites (N-methyl/N-ethyl adjacent to an activating group) is 1. The molecule has 3 heteroatoms. The largest absolute Gasteiger partial charge is 0.508 e. The van der Waals surface area contributed by atoms with Crippen LogP contribution in [0.3, 0.4) is 0 Å². The van der Waals surface area contributed by atoms with E-state index < -0.39 is 6.10 Å². The monoisotopic (exact) mass is 195 g/mol. The minimum atomic E-state index is -0.508. The minimum absolute atomic E-state index is 0.299. The van der Waals surface area contributed by atoms with Crippen molar-refractivity contribution < 1.29 is 10.2 Å². The van der Waals surface area contributed by atoms with Crippen LogP contribution in [0, 0.1) is 0 Å². The van der Waals surface area contributed by atoms with E-state index in [-0.39, 0.29) is 0 Å². The van der Waals surface area contributed by atoms with Crippen LogP contribution in [0.1, 0.15) is 24.2 Å². The highest BCUT2D eigenvalue weighted by Gasteiger charge is 2.08. The first-order valence-corrected chi connectivity index (χ1v) is 4.83. The number of aryl methyl sites for hydroxylation is 1. The van der Waals surface area contributed by atoms with Crippen molar-refractivity contribution in [1.29, 1.82) is 0 Å². The molecule has 1 aromatic rings. The molecule has 0 aliphatic rings. The summed E-state index contributed by atoms with van der Waals surface area (Å²) in [6, 6.07) is 5.22. The summed E-state index contributed by atoms with van der Waals surface area (Å²) < 4.78 is 0. The molecule has 78 valence electrons. The van der Waals surface area contributed by atoms with Gasteiger partial charge in [-0.3, -0.25) is 0 Å². The number of aliphatic hydroxyl groups excluding tert-OH is 1. The SMILES string of the molecule is CCc1cc([C@@H](O)CNC)ccc1O. The molecule has 0 fully saturated rings. The fourth-order valence-electron chi connectivity index (χ4n) is 1.41. The molecular formula is C11H17NO2. The second-order valence-electron chi connectivity index (χ2n) is 3.32. The summed E-state index contributed by atoms with van der Waals surface area (Å²) in [4.78, 5) is 0. The van der Waals surface area contributed by atoms with E-state index in [0.29, 0.717) is 12.3 Å². The number of aliphatic hydroxyl groups is 1. The number of aromatic hydroxyl groups is 1. The van der Waals surface area contributed by atoms with Crippen molar-refractivity contribution in [3.05, 3.63) is 29.3 Å². The van der Waals surface area contributed by atoms with Crippen LogP contribution >= 0.6 is 0 Å². The Morgan fingerprint density at radius 1 is 1.43 bits per heavy atom. The zero-order valence-corrected chi connectivity index (χ0v) is 8.62. The Kier molecular flexibility index (Phi) is 3.92. The van der Waals surface area contributed by atoms with Gasteiger partial charge in [-0.15, -0.1) is 0 Å². The first kappa shape index (κ1) is 11.0. The molecular weight excluding hydrogens is 178 g/mol. The molecule has 0 aromatic heterocycles. The lowest BCUT2D eigenvalue weighted by molar-refractivity contribution is 0.177. The van der Waals surface area contributed by atoms with Crippen LogP contribution in [0.4, 0.5) is 0 Å². The summed E-state index contributed by atoms with van der Waals surface area (Å²) in [5.74, 6) is 0.299. The third kappa shape index (κ3) is 2.47. The van der Waals surface area contributed by atoms with Gasteiger partial charge in [-0.1, -0.05) is 13.0 Å². The van der Waals surface area contributed by atoms with E-state index in [1.54, 1.807) is 19.2 Å². The molecule has 1 rings (SSSR count). The maximum atomic E-state index is 9.69. The van der Waals surface area contributed by atoms with E-state index in [4.69, 9.17) is 0 Å². The van der Waals surface area contributed by atoms with Crippen LogP contribution in [-0.4, -0.2) is 23.8 Å². The van der Waals surface area contributed by atoms with Crippen molar-refractivity contribution in [2.75, 3.05) is 13.6 Å². The molecule has 0 aliphatic heterocycles. The summed E-state index contributed by atoms with van der Waals surface area (Å²) in [6.45, 7) is 2.50. The Bertz CT molecular complexity index is 299. The Labute approximate surface area is 84.4 Å². The van der Waals surface area contributed by atoms with E-state index in [9.17, 15) is 10.2 Å². The van der Waals surface area contributed by atoms with Crippen LogP contribution in [0.5, 0.6) is 5.75 Å². The van der Waals surface area contributed by atoms with Gasteiger partial charge in [0.25, 0.3) is 0 Å². The number of hydrogen-bond donors (Lipinski definition) is 3. The van der Waals surface area contributed by atoms with Gasteiger partial charge in [-0.25, -0.2) is 0 Å². The van der Waals surface area contributed by atoms with Gasteiger partial charge in [0.05, 0.1) is 6.10 Å². The molecule has 0 aliphatic carbocycles. The lowest BCUT2D eigenvalue weighted by Crippen LogP contribution is -2.16. The fraction of sp³-hybridized carbons (Fsp3) is 0.455. The number of hydrogen-bond acceptors (Lipinski definition) is 3. The standard InChI is InChI=1S/C11H17NO2/c1-3-8-6-9(4-5-10(8)13)11(14)7-12-2/h4-6,11-14H,3,7H2,1-2H3/t11-/m0/s1. The molecule has 3 nitrogen and oxygen atoms in total. The molecule has 1 atom stereocenters. The van der Waals surface area contributed by atoms with E-state index >= 15 is 0 Å². The normalized spacial score (nSPS) is 12.8. The number of phenolic OH excluding ortho intramolecular Hbond substituents is 1. The second kappa shape index (κ2) is 4.98. The third-order valence-electron chi connectivity index (χ3n) is 2.27. The van der Waals surface area contributed by atoms with Gasteiger partial charge in [0.15, 0.2) is 0 Å². The van der Waals surface area contributed by atoms with Crippen LogP contribution in [0.25, 0.3) is 0 Å². The first-order valence-electron chi connectivity index (χ1n) is 4.83. The molecule has 0 radical (unpaired) electrons. The van der Waals surface area contributed by atoms with Gasteiger partial charge in [0.2, 0.25) is 0 Å². The Balaban J connectivity index is 2.88. The zero-order valence-electron chi connectivity index (χ0n) is 8.62. The number of nitrogens with one attached hydrogen (secondary N) is 1. The highest BCUT2D eigenvalue weighted by molar-refractivity contribution is 5.37. The third-order valence-corrected chi connectivity index (χ3v) is 2.27. The van der Waals surface area contributed by atoms with Gasteiger partial charge in [0.1, 0.15) is 5.75 Å². The molecule has 14 heavy (non-hydrogen) atoms. The van der Waals surface area contributed by atoms with Crippen molar-refractivity contribution in [2.45, 2.75) is 19.4 Å². The zero-order chi connectivity index (χ0) is 10.6. The molecule has 0 unspecified atom stereocenters. The van der Waals surface area contributed by atoms with Crippen LogP contribution in [0.15, 0.2) is 18.2 Å². The summed E-state index contributed by atoms with van der Waals surface area (Å²) in [7, 11) is 1.80. The topological polar surface area (TPSA) is 52.5 Å². The molecule has 0 spiro atoms. The average molecular weight is 195 g/mol. The molecule has 0 saturated heterocycles. The minimum Gasteiger partial charge on any atom is -0.508 e. The maximum Gasteiger partial charge on any atom is 0.118 e. The van der Waals surface area contributed by atoms with Gasteiger partial charge in [-0.2, -0.15) is 0 Å². The second-order valence-corrected chi connectivity index (χ2v) is 3.32. The van der Waals surface area contributed by atoms with Gasteiger partial charge >= 0.3 is 0 Å². The van der Waals surface area contributed by atoms with Crippen LogP contribution in [0.2, 0.25) is 0 Å². The number of phenols is 1. The van der Waals surface area contributed by atoms with Crippen molar-refractivity contribution in [1.82, 2.24) is 5.32 Å². The van der Waals surface area contributed by atoms with Crippen molar-refractivity contribution in [2.24, 2.45) is 0 Å². The summed E-state index contributed by atoms with van der Waals surface area (Å²) in [5, 5.41) is 22.0. The van der Waals surface area contributed by atoms with Gasteiger partial charge in [-0.05, 0) is 36.7 Å². The summed E-state index contributed by atoms with van der Waals surface area (Å²) in [5.41, 5.74) is 1.71. The molecule has 3 N–H and O–H groups in total. The highest BCUT2D eigenvalue weighted by atomic mass is 16.3. The predicted molar refractivity (Wildman–Crippen MR) is 56.4 cm³/mol. The lowest BCUT2D eigenvalue weighted by atomic mass is 10.0. The van der Waals surface area contributed by atoms with Crippen molar-refractivity contribution in [3.63, 3.8) is 0 Å². The van der Waals surface area contributed by atoms with Gasteiger partial charge in [0, 0.05) is 6.54 Å². The lowest BCUT2D eigenvalue weighted by Gasteiger charge is -2.12. The maximum absolute atomic E-state index is 9.69. The fourth-order valence-corrected chi connectivity index (χ4v) is 1.41. The van der Waals surface area contributed by atoms with Crippen molar-refractivity contribution in [3.8, 4) is 5.75 Å². The highest BCUT2D eigenvalue weighted by Crippen LogP contribution is 2.22. The number of benzene rings is 1. The van der Waals surface area contributed by atoms with E-state index in [1.165, 1.54) is 0 Å². The van der Waals surface area contributed by atoms with Crippen molar-refractivity contribution >= 4 is 0 Å². The van der Waals surface area contributed by atoms with Crippen LogP contribution in [-0.2, 0) is 6.42 Å². The van der Waals surface area contributed by atoms with E-state index in [1.807, 2.05) is 13.0 Å². The average Bonchev–Trinajstić information content (AvgIpc) is 2.19. The van der Waals surface area contributed by atoms with Crippen LogP contribution < -0.4 is 5.32 Å². The predicted octanol–water partition coefficient (Wildman–Crippen LogP) is 1.21.